The fourth-order valence-corrected chi connectivity index (χ4v) is 3.17. The summed E-state index contributed by atoms with van der Waals surface area (Å²) < 4.78 is 0. The fraction of sp³-hybridized carbons (Fsp3) is 0.0952. The number of aromatic amines is 1. The van der Waals surface area contributed by atoms with Crippen LogP contribution in [0.25, 0.3) is 10.9 Å². The molecule has 0 radical (unpaired) electrons. The predicted molar refractivity (Wildman–Crippen MR) is 109 cm³/mol. The topological polar surface area (TPSA) is 52.7 Å². The highest BCUT2D eigenvalue weighted by Gasteiger charge is 2.02. The van der Waals surface area contributed by atoms with E-state index in [1.807, 2.05) is 18.2 Å². The van der Waals surface area contributed by atoms with Crippen molar-refractivity contribution in [2.24, 2.45) is 0 Å². The number of hydrogen-bond donors (Lipinski definition) is 3. The van der Waals surface area contributed by atoms with Crippen molar-refractivity contribution in [2.75, 3.05) is 17.2 Å². The van der Waals surface area contributed by atoms with E-state index in [-0.39, 0.29) is 0 Å². The van der Waals surface area contributed by atoms with Gasteiger partial charge in [-0.25, -0.2) is 4.98 Å². The molecule has 4 aromatic rings. The molecule has 4 nitrogen and oxygen atoms in total. The van der Waals surface area contributed by atoms with Crippen LogP contribution in [0.2, 0.25) is 5.15 Å². The molecule has 0 spiro atoms. The summed E-state index contributed by atoms with van der Waals surface area (Å²) in [5, 5.41) is 8.56. The highest BCUT2D eigenvalue weighted by atomic mass is 35.5. The van der Waals surface area contributed by atoms with Crippen molar-refractivity contribution in [1.29, 1.82) is 0 Å². The van der Waals surface area contributed by atoms with Crippen molar-refractivity contribution in [1.82, 2.24) is 9.97 Å². The van der Waals surface area contributed by atoms with Crippen LogP contribution >= 0.6 is 11.6 Å². The largest absolute Gasteiger partial charge is 0.385 e. The first kappa shape index (κ1) is 16.5. The average Bonchev–Trinajstić information content (AvgIpc) is 3.07. The molecule has 2 aromatic heterocycles. The van der Waals surface area contributed by atoms with Crippen LogP contribution in [0.5, 0.6) is 0 Å². The van der Waals surface area contributed by atoms with E-state index in [2.05, 4.69) is 63.2 Å². The highest BCUT2D eigenvalue weighted by Crippen LogP contribution is 2.21. The van der Waals surface area contributed by atoms with E-state index in [0.29, 0.717) is 5.15 Å². The molecule has 3 N–H and O–H groups in total. The van der Waals surface area contributed by atoms with Crippen molar-refractivity contribution in [2.45, 2.75) is 6.42 Å². The van der Waals surface area contributed by atoms with Crippen LogP contribution in [0.4, 0.5) is 17.1 Å². The summed E-state index contributed by atoms with van der Waals surface area (Å²) in [6.45, 7) is 0.884. The SMILES string of the molecule is Clc1cc(Nc2ccc(NCCc3c[nH]c4ccccc34)cc2)ccn1. The Morgan fingerprint density at radius 3 is 2.58 bits per heavy atom. The number of benzene rings is 2. The lowest BCUT2D eigenvalue weighted by Crippen LogP contribution is -2.04. The summed E-state index contributed by atoms with van der Waals surface area (Å²) >= 11 is 5.91. The molecular formula is C21H19ClN4. The monoisotopic (exact) mass is 362 g/mol. The molecule has 5 heteroatoms. The van der Waals surface area contributed by atoms with Crippen LogP contribution in [-0.2, 0) is 6.42 Å². The van der Waals surface area contributed by atoms with Gasteiger partial charge >= 0.3 is 0 Å². The molecule has 0 aliphatic rings. The van der Waals surface area contributed by atoms with E-state index < -0.39 is 0 Å². The van der Waals surface area contributed by atoms with Gasteiger partial charge in [0.15, 0.2) is 0 Å². The van der Waals surface area contributed by atoms with Gasteiger partial charge < -0.3 is 15.6 Å². The minimum Gasteiger partial charge on any atom is -0.385 e. The summed E-state index contributed by atoms with van der Waals surface area (Å²) in [5.41, 5.74) is 5.55. The van der Waals surface area contributed by atoms with Gasteiger partial charge in [-0.15, -0.1) is 0 Å². The van der Waals surface area contributed by atoms with E-state index in [9.17, 15) is 0 Å². The normalized spacial score (nSPS) is 10.8. The smallest absolute Gasteiger partial charge is 0.131 e. The number of nitrogens with one attached hydrogen (secondary N) is 3. The Morgan fingerprint density at radius 1 is 0.923 bits per heavy atom. The predicted octanol–water partition coefficient (Wildman–Crippen LogP) is 5.61. The van der Waals surface area contributed by atoms with Gasteiger partial charge in [-0.3, -0.25) is 0 Å². The number of aromatic nitrogens is 2. The van der Waals surface area contributed by atoms with E-state index in [1.54, 1.807) is 12.3 Å². The number of H-pyrrole nitrogens is 1. The summed E-state index contributed by atoms with van der Waals surface area (Å²) in [6.07, 6.45) is 4.75. The molecule has 0 bridgehead atoms. The first-order valence-corrected chi connectivity index (χ1v) is 8.93. The Bertz CT molecular complexity index is 1010. The van der Waals surface area contributed by atoms with Crippen LogP contribution in [-0.4, -0.2) is 16.5 Å². The molecule has 26 heavy (non-hydrogen) atoms. The zero-order valence-electron chi connectivity index (χ0n) is 14.2. The first-order valence-electron chi connectivity index (χ1n) is 8.55. The summed E-state index contributed by atoms with van der Waals surface area (Å²) in [4.78, 5) is 7.30. The van der Waals surface area contributed by atoms with Gasteiger partial charge in [0.1, 0.15) is 5.15 Å². The van der Waals surface area contributed by atoms with E-state index in [1.165, 1.54) is 16.5 Å². The number of hydrogen-bond acceptors (Lipinski definition) is 3. The van der Waals surface area contributed by atoms with Crippen LogP contribution in [0.3, 0.4) is 0 Å². The maximum atomic E-state index is 5.91. The number of pyridine rings is 1. The summed E-state index contributed by atoms with van der Waals surface area (Å²) in [6, 6.07) is 20.3. The van der Waals surface area contributed by atoms with Crippen molar-refractivity contribution < 1.29 is 0 Å². The molecule has 2 heterocycles. The Hall–Kier alpha value is -2.98. The second-order valence-corrected chi connectivity index (χ2v) is 6.49. The molecular weight excluding hydrogens is 344 g/mol. The molecule has 0 aliphatic heterocycles. The Balaban J connectivity index is 1.34. The third-order valence-electron chi connectivity index (χ3n) is 4.30. The molecule has 2 aromatic carbocycles. The number of nitrogens with zero attached hydrogens (tertiary/aromatic N) is 1. The summed E-state index contributed by atoms with van der Waals surface area (Å²) in [5.74, 6) is 0. The third-order valence-corrected chi connectivity index (χ3v) is 4.51. The standard InChI is InChI=1S/C21H19ClN4/c22-21-13-18(10-12-24-21)26-17-7-5-16(6-8-17)23-11-9-15-14-25-20-4-2-1-3-19(15)20/h1-8,10,12-14,23,25H,9,11H2,(H,24,26). The lowest BCUT2D eigenvalue weighted by molar-refractivity contribution is 1.03. The molecule has 0 saturated heterocycles. The molecule has 0 saturated carbocycles. The molecule has 0 fully saturated rings. The highest BCUT2D eigenvalue weighted by molar-refractivity contribution is 6.29. The number of anilines is 3. The van der Waals surface area contributed by atoms with Crippen LogP contribution in [0.1, 0.15) is 5.56 Å². The van der Waals surface area contributed by atoms with Crippen molar-refractivity contribution >= 4 is 39.6 Å². The van der Waals surface area contributed by atoms with Crippen LogP contribution < -0.4 is 10.6 Å². The lowest BCUT2D eigenvalue weighted by Gasteiger charge is -2.09. The Kier molecular flexibility index (Phi) is 4.75. The Labute approximate surface area is 157 Å². The van der Waals surface area contributed by atoms with Gasteiger partial charge in [-0.1, -0.05) is 29.8 Å². The minimum atomic E-state index is 0.477. The zero-order chi connectivity index (χ0) is 17.8. The number of para-hydroxylation sites is 1. The van der Waals surface area contributed by atoms with Crippen LogP contribution in [0, 0.1) is 0 Å². The quantitative estimate of drug-likeness (QED) is 0.390. The zero-order valence-corrected chi connectivity index (χ0v) is 14.9. The molecule has 130 valence electrons. The number of fused-ring (bicyclic) bond motifs is 1. The van der Waals surface area contributed by atoms with Gasteiger partial charge in [0.25, 0.3) is 0 Å². The van der Waals surface area contributed by atoms with Gasteiger partial charge in [-0.05, 0) is 54.4 Å². The maximum absolute atomic E-state index is 5.91. The molecule has 0 atom stereocenters. The van der Waals surface area contributed by atoms with Gasteiger partial charge in [0.2, 0.25) is 0 Å². The molecule has 4 rings (SSSR count). The number of rotatable bonds is 6. The van der Waals surface area contributed by atoms with Crippen molar-refractivity contribution in [3.63, 3.8) is 0 Å². The van der Waals surface area contributed by atoms with Gasteiger partial charge in [0, 0.05) is 46.9 Å². The van der Waals surface area contributed by atoms with E-state index in [4.69, 9.17) is 11.6 Å². The average molecular weight is 363 g/mol. The summed E-state index contributed by atoms with van der Waals surface area (Å²) in [7, 11) is 0. The lowest BCUT2D eigenvalue weighted by atomic mass is 10.1. The minimum absolute atomic E-state index is 0.477. The second-order valence-electron chi connectivity index (χ2n) is 6.11. The molecule has 0 amide bonds. The molecule has 0 unspecified atom stereocenters. The number of halogens is 1. The molecule has 0 aliphatic carbocycles. The van der Waals surface area contributed by atoms with Gasteiger partial charge in [-0.2, -0.15) is 0 Å². The Morgan fingerprint density at radius 2 is 1.73 bits per heavy atom. The maximum Gasteiger partial charge on any atom is 0.131 e. The van der Waals surface area contributed by atoms with Crippen molar-refractivity contribution in [3.05, 3.63) is 83.8 Å². The second kappa shape index (κ2) is 7.50. The third kappa shape index (κ3) is 3.81. The van der Waals surface area contributed by atoms with Crippen LogP contribution in [0.15, 0.2) is 73.1 Å². The van der Waals surface area contributed by atoms with E-state index >= 15 is 0 Å². The first-order chi connectivity index (χ1) is 12.8. The van der Waals surface area contributed by atoms with Crippen molar-refractivity contribution in [3.8, 4) is 0 Å². The van der Waals surface area contributed by atoms with Gasteiger partial charge in [0.05, 0.1) is 0 Å². The van der Waals surface area contributed by atoms with E-state index in [0.717, 1.165) is 30.0 Å². The fourth-order valence-electron chi connectivity index (χ4n) is 3.00.